The molecule has 0 heterocycles. The van der Waals surface area contributed by atoms with Gasteiger partial charge in [-0.15, -0.1) is 0 Å². The van der Waals surface area contributed by atoms with Gasteiger partial charge in [-0.2, -0.15) is 0 Å². The minimum atomic E-state index is -1.27. The number of esters is 1. The molecule has 4 aliphatic carbocycles. The van der Waals surface area contributed by atoms with Crippen LogP contribution in [0.25, 0.3) is 0 Å². The number of fused-ring (bicyclic) bond motifs is 5. The minimum absolute atomic E-state index is 0.0572. The van der Waals surface area contributed by atoms with Gasteiger partial charge in [-0.1, -0.05) is 63.7 Å². The third-order valence-corrected chi connectivity index (χ3v) is 13.9. The van der Waals surface area contributed by atoms with E-state index in [0.717, 1.165) is 31.4 Å². The summed E-state index contributed by atoms with van der Waals surface area (Å²) in [5.41, 5.74) is 1.55. The van der Waals surface area contributed by atoms with Crippen LogP contribution in [0.1, 0.15) is 94.9 Å². The number of carbonyl (C=O) groups excluding carboxylic acids is 1. The van der Waals surface area contributed by atoms with E-state index >= 15 is 0 Å². The molecule has 0 aromatic carbocycles. The molecule has 0 radical (unpaired) electrons. The van der Waals surface area contributed by atoms with Crippen molar-refractivity contribution in [2.24, 2.45) is 46.8 Å². The lowest BCUT2D eigenvalue weighted by molar-refractivity contribution is -0.160. The Labute approximate surface area is 230 Å². The first kappa shape index (κ1) is 30.2. The molecule has 3 fully saturated rings. The van der Waals surface area contributed by atoms with E-state index < -0.39 is 10.3 Å². The second-order valence-corrected chi connectivity index (χ2v) is 17.3. The highest BCUT2D eigenvalue weighted by molar-refractivity contribution is 8.29. The lowest BCUT2D eigenvalue weighted by atomic mass is 9.46. The van der Waals surface area contributed by atoms with Gasteiger partial charge < -0.3 is 8.92 Å². The summed E-state index contributed by atoms with van der Waals surface area (Å²) in [5, 5.41) is 0. The Balaban J connectivity index is 0.00000186. The Morgan fingerprint density at radius 3 is 2.35 bits per heavy atom. The van der Waals surface area contributed by atoms with Crippen LogP contribution in [-0.2, 0) is 13.7 Å². The van der Waals surface area contributed by atoms with Crippen molar-refractivity contribution >= 4 is 16.3 Å². The molecule has 0 saturated heterocycles. The van der Waals surface area contributed by atoms with Gasteiger partial charge >= 0.3 is 5.97 Å². The Morgan fingerprint density at radius 2 is 1.76 bits per heavy atom. The summed E-state index contributed by atoms with van der Waals surface area (Å²) in [6.07, 6.45) is 13.2. The van der Waals surface area contributed by atoms with Gasteiger partial charge in [-0.05, 0) is 106 Å². The number of allylic oxidation sites excluding steroid dienone is 3. The molecule has 0 spiro atoms. The molecule has 4 heteroatoms. The Bertz CT molecular complexity index is 974. The van der Waals surface area contributed by atoms with Crippen molar-refractivity contribution in [1.29, 1.82) is 0 Å². The molecule has 3 nitrogen and oxygen atoms in total. The van der Waals surface area contributed by atoms with Crippen LogP contribution in [-0.4, -0.2) is 29.3 Å². The van der Waals surface area contributed by atoms with Crippen molar-refractivity contribution in [3.8, 4) is 11.8 Å². The number of hydrogen-bond acceptors (Lipinski definition) is 3. The normalized spacial score (nSPS) is 42.2. The van der Waals surface area contributed by atoms with Crippen LogP contribution < -0.4 is 0 Å². The minimum Gasteiger partial charge on any atom is -0.462 e. The van der Waals surface area contributed by atoms with E-state index in [4.69, 9.17) is 8.92 Å². The van der Waals surface area contributed by atoms with Crippen molar-refractivity contribution in [3.05, 3.63) is 23.5 Å². The highest BCUT2D eigenvalue weighted by atomic mass is 32.3. The molecule has 3 saturated carbocycles. The fourth-order valence-electron chi connectivity index (χ4n) is 7.79. The molecular formula is C33H54O3S. The quantitative estimate of drug-likeness (QED) is 0.271. The van der Waals surface area contributed by atoms with E-state index in [2.05, 4.69) is 85.0 Å². The smallest absolute Gasteiger partial charge is 0.302 e. The first-order valence-electron chi connectivity index (χ1n) is 14.7. The molecule has 37 heavy (non-hydrogen) atoms. The maximum atomic E-state index is 11.9. The molecule has 0 N–H and O–H groups in total. The highest BCUT2D eigenvalue weighted by Crippen LogP contribution is 2.65. The van der Waals surface area contributed by atoms with E-state index in [0.29, 0.717) is 41.4 Å². The third-order valence-electron chi connectivity index (χ3n) is 10.4. The summed E-state index contributed by atoms with van der Waals surface area (Å²) < 4.78 is 12.8. The van der Waals surface area contributed by atoms with Gasteiger partial charge in [-0.25, -0.2) is 0 Å². The lowest BCUT2D eigenvalue weighted by Crippen LogP contribution is -2.55. The summed E-state index contributed by atoms with van der Waals surface area (Å²) in [5.74, 6) is 11.8. The van der Waals surface area contributed by atoms with E-state index in [9.17, 15) is 4.79 Å². The average molecular weight is 531 g/mol. The maximum absolute atomic E-state index is 11.9. The fourth-order valence-corrected chi connectivity index (χ4v) is 8.64. The summed E-state index contributed by atoms with van der Waals surface area (Å²) in [7, 11) is -1.27. The number of hydrogen-bond donors (Lipinski definition) is 0. The van der Waals surface area contributed by atoms with Crippen LogP contribution in [0.4, 0.5) is 0 Å². The van der Waals surface area contributed by atoms with Crippen LogP contribution >= 0.6 is 10.3 Å². The molecule has 0 bridgehead atoms. The topological polar surface area (TPSA) is 35.5 Å². The van der Waals surface area contributed by atoms with Gasteiger partial charge in [0.05, 0.1) is 0 Å². The third kappa shape index (κ3) is 5.54. The van der Waals surface area contributed by atoms with Crippen LogP contribution in [0.15, 0.2) is 23.5 Å². The second kappa shape index (κ2) is 11.0. The molecular weight excluding hydrogens is 476 g/mol. The van der Waals surface area contributed by atoms with Crippen molar-refractivity contribution in [2.75, 3.05) is 12.5 Å². The predicted molar refractivity (Wildman–Crippen MR) is 159 cm³/mol. The second-order valence-electron chi connectivity index (χ2n) is 13.5. The van der Waals surface area contributed by atoms with Crippen LogP contribution in [0.2, 0.25) is 0 Å². The monoisotopic (exact) mass is 530 g/mol. The van der Waals surface area contributed by atoms with Gasteiger partial charge in [-0.3, -0.25) is 4.79 Å². The zero-order valence-electron chi connectivity index (χ0n) is 25.7. The van der Waals surface area contributed by atoms with Crippen molar-refractivity contribution in [1.82, 2.24) is 0 Å². The molecule has 0 amide bonds. The fraction of sp³-hybridized carbons (Fsp3) is 0.788. The van der Waals surface area contributed by atoms with Gasteiger partial charge in [0, 0.05) is 29.4 Å². The van der Waals surface area contributed by atoms with Gasteiger partial charge in [0.25, 0.3) is 0 Å². The number of ether oxygens (including phenoxy) is 1. The van der Waals surface area contributed by atoms with Gasteiger partial charge in [0.1, 0.15) is 11.9 Å². The standard InChI is InChI=1S/C31H48O3S.C2H6/c1-19-18-31(8)26(15-16-27(31)33-22(4)32)29-21(3)20(2)25-17-23(34-35(9,10)30(5,6)7)13-11-12-14-24(25)28(19)29;1-2/h13,17,19-21,24,26-29H,11,15-16,18H2,1-10H3;1-2H3/b23-13+,25-17-;/t19?,20?,21-,24?,26?,27?,28?,29?,31?;/m1./s1. The van der Waals surface area contributed by atoms with Gasteiger partial charge in [0.2, 0.25) is 0 Å². The van der Waals surface area contributed by atoms with Crippen molar-refractivity contribution in [2.45, 2.75) is 106 Å². The first-order chi connectivity index (χ1) is 17.2. The zero-order valence-corrected chi connectivity index (χ0v) is 26.6. The van der Waals surface area contributed by atoms with Crippen LogP contribution in [0.5, 0.6) is 0 Å². The zero-order chi connectivity index (χ0) is 27.9. The molecule has 0 aromatic rings. The molecule has 4 aliphatic rings. The average Bonchev–Trinajstić information content (AvgIpc) is 3.09. The van der Waals surface area contributed by atoms with E-state index in [1.807, 2.05) is 13.8 Å². The summed E-state index contributed by atoms with van der Waals surface area (Å²) in [4.78, 5) is 11.9. The number of rotatable bonds is 3. The van der Waals surface area contributed by atoms with Crippen LogP contribution in [0.3, 0.4) is 0 Å². The first-order valence-corrected chi connectivity index (χ1v) is 17.0. The van der Waals surface area contributed by atoms with Crippen molar-refractivity contribution < 1.29 is 13.7 Å². The summed E-state index contributed by atoms with van der Waals surface area (Å²) >= 11 is 0. The molecule has 210 valence electrons. The van der Waals surface area contributed by atoms with Crippen molar-refractivity contribution in [3.63, 3.8) is 0 Å². The van der Waals surface area contributed by atoms with E-state index in [-0.39, 0.29) is 22.2 Å². The van der Waals surface area contributed by atoms with Crippen LogP contribution in [0, 0.1) is 58.7 Å². The molecule has 4 rings (SSSR count). The number of carbonyl (C=O) groups is 1. The van der Waals surface area contributed by atoms with Gasteiger partial charge in [0.15, 0.2) is 0 Å². The largest absolute Gasteiger partial charge is 0.462 e. The molecule has 0 aromatic heterocycles. The molecule has 9 atom stereocenters. The lowest BCUT2D eigenvalue weighted by Gasteiger charge is -2.58. The Morgan fingerprint density at radius 1 is 1.11 bits per heavy atom. The predicted octanol–water partition coefficient (Wildman–Crippen LogP) is 8.55. The maximum Gasteiger partial charge on any atom is 0.302 e. The Kier molecular flexibility index (Phi) is 9.01. The Hall–Kier alpha value is -1.34. The van der Waals surface area contributed by atoms with E-state index in [1.54, 1.807) is 6.92 Å². The molecule has 8 unspecified atom stereocenters. The summed E-state index contributed by atoms with van der Waals surface area (Å²) in [6.45, 7) is 22.1. The highest BCUT2D eigenvalue weighted by Gasteiger charge is 2.61. The summed E-state index contributed by atoms with van der Waals surface area (Å²) in [6, 6.07) is 0. The molecule has 0 aliphatic heterocycles. The van der Waals surface area contributed by atoms with E-state index in [1.165, 1.54) is 5.57 Å². The SMILES string of the molecule is CC.CC(=O)OC1CCC2C3C(C(C)CC12C)C1C#CC/C=C(OS(C)(C)C(C)(C)C)\C=C/1C(C)[C@H]3C.